The molecule has 0 bridgehead atoms. The summed E-state index contributed by atoms with van der Waals surface area (Å²) in [6, 6.07) is 13.0. The Labute approximate surface area is 171 Å². The maximum atomic E-state index is 12.7. The third kappa shape index (κ3) is 4.77. The van der Waals surface area contributed by atoms with E-state index in [-0.39, 0.29) is 5.56 Å². The number of alkyl halides is 3. The topological polar surface area (TPSA) is 83.9 Å². The van der Waals surface area contributed by atoms with Gasteiger partial charge in [0.25, 0.3) is 5.56 Å². The van der Waals surface area contributed by atoms with Crippen molar-refractivity contribution in [3.05, 3.63) is 82.3 Å². The van der Waals surface area contributed by atoms with E-state index < -0.39 is 11.7 Å². The molecule has 0 aliphatic rings. The van der Waals surface area contributed by atoms with E-state index in [4.69, 9.17) is 11.1 Å². The van der Waals surface area contributed by atoms with Crippen LogP contribution in [-0.4, -0.2) is 23.9 Å². The van der Waals surface area contributed by atoms with Gasteiger partial charge in [-0.05, 0) is 60.5 Å². The molecule has 156 valence electrons. The largest absolute Gasteiger partial charge is 0.416 e. The molecule has 3 rings (SSSR count). The Hall–Kier alpha value is -3.39. The van der Waals surface area contributed by atoms with Crippen molar-refractivity contribution in [1.29, 1.82) is 5.41 Å². The molecule has 30 heavy (non-hydrogen) atoms. The lowest BCUT2D eigenvalue weighted by atomic mass is 10.0. The van der Waals surface area contributed by atoms with E-state index in [1.807, 2.05) is 0 Å². The lowest BCUT2D eigenvalue weighted by molar-refractivity contribution is -0.137. The number of benzene rings is 2. The number of nitrogens with zero attached hydrogens (tertiary/aromatic N) is 1. The van der Waals surface area contributed by atoms with E-state index in [0.29, 0.717) is 35.5 Å². The quantitative estimate of drug-likeness (QED) is 0.399. The summed E-state index contributed by atoms with van der Waals surface area (Å²) in [6.07, 6.45) is -0.834. The van der Waals surface area contributed by atoms with Crippen molar-refractivity contribution < 1.29 is 13.2 Å². The maximum Gasteiger partial charge on any atom is 0.416 e. The second-order valence-corrected chi connectivity index (χ2v) is 6.68. The first-order valence-corrected chi connectivity index (χ1v) is 9.32. The molecule has 0 atom stereocenters. The Morgan fingerprint density at radius 1 is 1.03 bits per heavy atom. The highest BCUT2D eigenvalue weighted by molar-refractivity contribution is 5.86. The van der Waals surface area contributed by atoms with Crippen LogP contribution >= 0.6 is 0 Å². The summed E-state index contributed by atoms with van der Waals surface area (Å²) >= 11 is 0. The van der Waals surface area contributed by atoms with Gasteiger partial charge < -0.3 is 16.5 Å². The molecule has 2 aromatic carbocycles. The van der Waals surface area contributed by atoms with Gasteiger partial charge in [-0.25, -0.2) is 0 Å². The van der Waals surface area contributed by atoms with Gasteiger partial charge in [0.1, 0.15) is 0 Å². The molecule has 0 aliphatic heterocycles. The van der Waals surface area contributed by atoms with Crippen molar-refractivity contribution in [2.24, 2.45) is 5.73 Å². The number of nitrogens with two attached hydrogens (primary N) is 1. The number of hydrogen-bond donors (Lipinski definition) is 3. The van der Waals surface area contributed by atoms with Crippen LogP contribution < -0.4 is 16.6 Å². The highest BCUT2D eigenvalue weighted by Crippen LogP contribution is 2.30. The number of hydrogen-bond acceptors (Lipinski definition) is 4. The molecule has 0 amide bonds. The summed E-state index contributed by atoms with van der Waals surface area (Å²) in [4.78, 5) is 12.6. The van der Waals surface area contributed by atoms with Gasteiger partial charge in [0.2, 0.25) is 0 Å². The molecule has 4 N–H and O–H groups in total. The van der Waals surface area contributed by atoms with Crippen LogP contribution in [0.1, 0.15) is 17.5 Å². The van der Waals surface area contributed by atoms with E-state index >= 15 is 0 Å². The first-order chi connectivity index (χ1) is 14.3. The zero-order valence-electron chi connectivity index (χ0n) is 16.0. The van der Waals surface area contributed by atoms with Crippen molar-refractivity contribution in [3.8, 4) is 16.8 Å². The Balaban J connectivity index is 1.88. The first kappa shape index (κ1) is 21.3. The molecular formula is C22H21F3N4O. The molecule has 0 spiro atoms. The zero-order chi connectivity index (χ0) is 21.7. The minimum atomic E-state index is -4.40. The number of anilines is 1. The Bertz CT molecular complexity index is 1090. The molecular weight excluding hydrogens is 393 g/mol. The predicted molar refractivity (Wildman–Crippen MR) is 113 cm³/mol. The SMILES string of the molecule is N=Cc1cc(-n2ccc(-c3ccc(C(F)(F)F)cc3)cc2=O)ccc1NCCCN. The lowest BCUT2D eigenvalue weighted by Crippen LogP contribution is -2.17. The number of nitrogens with one attached hydrogen (secondary N) is 2. The smallest absolute Gasteiger partial charge is 0.384 e. The van der Waals surface area contributed by atoms with E-state index in [1.165, 1.54) is 29.0 Å². The summed E-state index contributed by atoms with van der Waals surface area (Å²) in [7, 11) is 0. The summed E-state index contributed by atoms with van der Waals surface area (Å²) in [5.41, 5.74) is 7.46. The van der Waals surface area contributed by atoms with E-state index in [9.17, 15) is 18.0 Å². The van der Waals surface area contributed by atoms with Crippen molar-refractivity contribution in [1.82, 2.24) is 4.57 Å². The summed E-state index contributed by atoms with van der Waals surface area (Å²) < 4.78 is 39.6. The normalized spacial score (nSPS) is 11.3. The summed E-state index contributed by atoms with van der Waals surface area (Å²) in [6.45, 7) is 1.24. The van der Waals surface area contributed by atoms with Gasteiger partial charge in [-0.15, -0.1) is 0 Å². The molecule has 8 heteroatoms. The van der Waals surface area contributed by atoms with Crippen LogP contribution in [0.2, 0.25) is 0 Å². The molecule has 1 aromatic heterocycles. The number of pyridine rings is 1. The van der Waals surface area contributed by atoms with E-state index in [0.717, 1.165) is 24.2 Å². The number of rotatable bonds is 7. The molecule has 0 unspecified atom stereocenters. The monoisotopic (exact) mass is 414 g/mol. The van der Waals surface area contributed by atoms with Gasteiger partial charge in [0.15, 0.2) is 0 Å². The first-order valence-electron chi connectivity index (χ1n) is 9.32. The Morgan fingerprint density at radius 2 is 1.77 bits per heavy atom. The standard InChI is InChI=1S/C22H21F3N4O/c23-22(24,25)18-4-2-15(3-5-18)16-8-11-29(21(30)13-16)19-6-7-20(17(12-19)14-27)28-10-1-9-26/h2-8,11-14,27-28H,1,9-10,26H2. The van der Waals surface area contributed by atoms with Crippen molar-refractivity contribution in [2.75, 3.05) is 18.4 Å². The van der Waals surface area contributed by atoms with Gasteiger partial charge >= 0.3 is 6.18 Å². The summed E-state index contributed by atoms with van der Waals surface area (Å²) in [5, 5.41) is 10.8. The van der Waals surface area contributed by atoms with Crippen LogP contribution in [0.3, 0.4) is 0 Å². The minimum absolute atomic E-state index is 0.327. The van der Waals surface area contributed by atoms with Crippen LogP contribution in [-0.2, 0) is 6.18 Å². The minimum Gasteiger partial charge on any atom is -0.384 e. The molecule has 5 nitrogen and oxygen atoms in total. The fourth-order valence-electron chi connectivity index (χ4n) is 3.03. The van der Waals surface area contributed by atoms with Gasteiger partial charge in [-0.3, -0.25) is 9.36 Å². The third-order valence-corrected chi connectivity index (χ3v) is 4.63. The lowest BCUT2D eigenvalue weighted by Gasteiger charge is -2.13. The second kappa shape index (κ2) is 8.96. The average Bonchev–Trinajstić information content (AvgIpc) is 2.73. The Kier molecular flexibility index (Phi) is 6.37. The van der Waals surface area contributed by atoms with E-state index in [1.54, 1.807) is 30.5 Å². The molecule has 1 heterocycles. The van der Waals surface area contributed by atoms with Crippen molar-refractivity contribution >= 4 is 11.9 Å². The third-order valence-electron chi connectivity index (χ3n) is 4.63. The van der Waals surface area contributed by atoms with Gasteiger partial charge in [-0.1, -0.05) is 12.1 Å². The highest BCUT2D eigenvalue weighted by atomic mass is 19.4. The fraction of sp³-hybridized carbons (Fsp3) is 0.182. The molecule has 0 saturated heterocycles. The van der Waals surface area contributed by atoms with Crippen molar-refractivity contribution in [2.45, 2.75) is 12.6 Å². The number of aromatic nitrogens is 1. The van der Waals surface area contributed by atoms with Gasteiger partial charge in [0.05, 0.1) is 5.56 Å². The van der Waals surface area contributed by atoms with Crippen LogP contribution in [0.25, 0.3) is 16.8 Å². The average molecular weight is 414 g/mol. The zero-order valence-corrected chi connectivity index (χ0v) is 16.0. The predicted octanol–water partition coefficient (Wildman–Crippen LogP) is 4.28. The van der Waals surface area contributed by atoms with Crippen LogP contribution in [0.5, 0.6) is 0 Å². The molecule has 3 aromatic rings. The summed E-state index contributed by atoms with van der Waals surface area (Å²) in [5.74, 6) is 0. The van der Waals surface area contributed by atoms with Crippen molar-refractivity contribution in [3.63, 3.8) is 0 Å². The molecule has 0 fully saturated rings. The second-order valence-electron chi connectivity index (χ2n) is 6.68. The van der Waals surface area contributed by atoms with Crippen LogP contribution in [0.4, 0.5) is 18.9 Å². The molecule has 0 aliphatic carbocycles. The van der Waals surface area contributed by atoms with Gasteiger partial charge in [0, 0.05) is 42.0 Å². The van der Waals surface area contributed by atoms with E-state index in [2.05, 4.69) is 5.32 Å². The van der Waals surface area contributed by atoms with Gasteiger partial charge in [-0.2, -0.15) is 13.2 Å². The molecule has 0 radical (unpaired) electrons. The maximum absolute atomic E-state index is 12.7. The fourth-order valence-corrected chi connectivity index (χ4v) is 3.03. The highest BCUT2D eigenvalue weighted by Gasteiger charge is 2.29. The number of halogens is 3. The van der Waals surface area contributed by atoms with Crippen LogP contribution in [0.15, 0.2) is 65.6 Å². The molecule has 0 saturated carbocycles. The van der Waals surface area contributed by atoms with Crippen LogP contribution in [0, 0.1) is 5.41 Å². The Morgan fingerprint density at radius 3 is 2.37 bits per heavy atom.